The third-order valence-corrected chi connectivity index (χ3v) is 3.78. The second kappa shape index (κ2) is 7.74. The standard InChI is InChI=1S/C17H23N5O2/c1-11-6-5-7-12(2)15(11)21-14(23)9-19-17(24)16(18-3)13-8-20-22(4)10-13/h5-8,10,16,18H,9H2,1-4H3,(H,19,24)(H,21,23). The molecule has 1 aromatic carbocycles. The summed E-state index contributed by atoms with van der Waals surface area (Å²) in [7, 11) is 3.47. The molecule has 0 aliphatic rings. The van der Waals surface area contributed by atoms with Crippen molar-refractivity contribution in [3.8, 4) is 0 Å². The number of likely N-dealkylation sites (N-methyl/N-ethyl adjacent to an activating group) is 1. The number of aryl methyl sites for hydroxylation is 3. The lowest BCUT2D eigenvalue weighted by molar-refractivity contribution is -0.125. The molecule has 2 amide bonds. The first-order valence-corrected chi connectivity index (χ1v) is 7.72. The van der Waals surface area contributed by atoms with Gasteiger partial charge in [0.05, 0.1) is 12.7 Å². The summed E-state index contributed by atoms with van der Waals surface area (Å²) in [6.07, 6.45) is 3.38. The van der Waals surface area contributed by atoms with Crippen molar-refractivity contribution in [2.75, 3.05) is 18.9 Å². The molecule has 7 nitrogen and oxygen atoms in total. The van der Waals surface area contributed by atoms with Gasteiger partial charge in [-0.2, -0.15) is 5.10 Å². The quantitative estimate of drug-likeness (QED) is 0.739. The first kappa shape index (κ1) is 17.7. The average molecular weight is 329 g/mol. The summed E-state index contributed by atoms with van der Waals surface area (Å²) in [5.74, 6) is -0.538. The minimum absolute atomic E-state index is 0.0922. The Balaban J connectivity index is 1.94. The number of rotatable bonds is 6. The fraction of sp³-hybridized carbons (Fsp3) is 0.353. The molecule has 0 bridgehead atoms. The van der Waals surface area contributed by atoms with E-state index in [0.29, 0.717) is 0 Å². The minimum Gasteiger partial charge on any atom is -0.345 e. The van der Waals surface area contributed by atoms with Crippen molar-refractivity contribution in [1.29, 1.82) is 0 Å². The number of nitrogens with one attached hydrogen (secondary N) is 3. The number of benzene rings is 1. The summed E-state index contributed by atoms with van der Waals surface area (Å²) in [6, 6.07) is 5.25. The van der Waals surface area contributed by atoms with Crippen molar-refractivity contribution < 1.29 is 9.59 Å². The van der Waals surface area contributed by atoms with Crippen molar-refractivity contribution in [3.05, 3.63) is 47.3 Å². The average Bonchev–Trinajstić information content (AvgIpc) is 2.96. The summed E-state index contributed by atoms with van der Waals surface area (Å²) >= 11 is 0. The van der Waals surface area contributed by atoms with Gasteiger partial charge in [-0.25, -0.2) is 0 Å². The Bertz CT molecular complexity index is 718. The number of hydrogen-bond acceptors (Lipinski definition) is 4. The van der Waals surface area contributed by atoms with E-state index in [-0.39, 0.29) is 18.4 Å². The molecule has 1 unspecified atom stereocenters. The van der Waals surface area contributed by atoms with E-state index < -0.39 is 6.04 Å². The van der Waals surface area contributed by atoms with Crippen LogP contribution in [0, 0.1) is 13.8 Å². The maximum Gasteiger partial charge on any atom is 0.243 e. The van der Waals surface area contributed by atoms with Crippen LogP contribution < -0.4 is 16.0 Å². The summed E-state index contributed by atoms with van der Waals surface area (Å²) in [6.45, 7) is 3.77. The normalized spacial score (nSPS) is 11.8. The molecule has 2 aromatic rings. The second-order valence-electron chi connectivity index (χ2n) is 5.70. The number of amides is 2. The van der Waals surface area contributed by atoms with Gasteiger partial charge in [0.1, 0.15) is 6.04 Å². The number of nitrogens with zero attached hydrogens (tertiary/aromatic N) is 2. The minimum atomic E-state index is -0.549. The van der Waals surface area contributed by atoms with E-state index in [1.54, 1.807) is 31.2 Å². The van der Waals surface area contributed by atoms with Gasteiger partial charge in [0.2, 0.25) is 11.8 Å². The van der Waals surface area contributed by atoms with Crippen LogP contribution in [0.2, 0.25) is 0 Å². The molecular formula is C17H23N5O2. The first-order chi connectivity index (χ1) is 11.4. The maximum absolute atomic E-state index is 12.3. The maximum atomic E-state index is 12.3. The van der Waals surface area contributed by atoms with Gasteiger partial charge >= 0.3 is 0 Å². The lowest BCUT2D eigenvalue weighted by atomic mass is 10.1. The van der Waals surface area contributed by atoms with Crippen LogP contribution in [0.1, 0.15) is 22.7 Å². The molecule has 128 valence electrons. The predicted molar refractivity (Wildman–Crippen MR) is 92.6 cm³/mol. The SMILES string of the molecule is CNC(C(=O)NCC(=O)Nc1c(C)cccc1C)c1cnn(C)c1. The van der Waals surface area contributed by atoms with Crippen molar-refractivity contribution >= 4 is 17.5 Å². The highest BCUT2D eigenvalue weighted by Crippen LogP contribution is 2.19. The summed E-state index contributed by atoms with van der Waals surface area (Å²) in [5.41, 5.74) is 3.50. The van der Waals surface area contributed by atoms with Gasteiger partial charge in [0.25, 0.3) is 0 Å². The lowest BCUT2D eigenvalue weighted by Crippen LogP contribution is -2.40. The molecule has 0 spiro atoms. The molecule has 1 heterocycles. The van der Waals surface area contributed by atoms with E-state index in [0.717, 1.165) is 22.4 Å². The van der Waals surface area contributed by atoms with Gasteiger partial charge in [0, 0.05) is 24.5 Å². The van der Waals surface area contributed by atoms with Gasteiger partial charge in [0.15, 0.2) is 0 Å². The van der Waals surface area contributed by atoms with Crippen molar-refractivity contribution in [2.45, 2.75) is 19.9 Å². The lowest BCUT2D eigenvalue weighted by Gasteiger charge is -2.15. The van der Waals surface area contributed by atoms with Gasteiger partial charge in [-0.1, -0.05) is 18.2 Å². The third kappa shape index (κ3) is 4.20. The number of carbonyl (C=O) groups excluding carboxylic acids is 2. The van der Waals surface area contributed by atoms with Crippen molar-refractivity contribution in [1.82, 2.24) is 20.4 Å². The molecule has 0 radical (unpaired) electrons. The Morgan fingerprint density at radius 2 is 1.92 bits per heavy atom. The van der Waals surface area contributed by atoms with Gasteiger partial charge in [-0.15, -0.1) is 0 Å². The smallest absolute Gasteiger partial charge is 0.243 e. The molecular weight excluding hydrogens is 306 g/mol. The van der Waals surface area contributed by atoms with Crippen molar-refractivity contribution in [3.63, 3.8) is 0 Å². The van der Waals surface area contributed by atoms with Crippen LogP contribution in [-0.2, 0) is 16.6 Å². The van der Waals surface area contributed by atoms with E-state index in [9.17, 15) is 9.59 Å². The summed E-state index contributed by atoms with van der Waals surface area (Å²) < 4.78 is 1.63. The number of hydrogen-bond donors (Lipinski definition) is 3. The Morgan fingerprint density at radius 1 is 1.25 bits per heavy atom. The molecule has 24 heavy (non-hydrogen) atoms. The van der Waals surface area contributed by atoms with E-state index in [1.165, 1.54) is 0 Å². The molecule has 0 aliphatic carbocycles. The number of carbonyl (C=O) groups is 2. The van der Waals surface area contributed by atoms with Gasteiger partial charge in [-0.05, 0) is 32.0 Å². The Hall–Kier alpha value is -2.67. The highest BCUT2D eigenvalue weighted by Gasteiger charge is 2.20. The molecule has 0 aliphatic heterocycles. The molecule has 0 fully saturated rings. The molecule has 7 heteroatoms. The number of para-hydroxylation sites is 1. The Morgan fingerprint density at radius 3 is 2.46 bits per heavy atom. The fourth-order valence-corrected chi connectivity index (χ4v) is 2.50. The van der Waals surface area contributed by atoms with Gasteiger partial charge < -0.3 is 16.0 Å². The van der Waals surface area contributed by atoms with E-state index >= 15 is 0 Å². The number of anilines is 1. The highest BCUT2D eigenvalue weighted by atomic mass is 16.2. The largest absolute Gasteiger partial charge is 0.345 e. The fourth-order valence-electron chi connectivity index (χ4n) is 2.50. The van der Waals surface area contributed by atoms with Crippen LogP contribution in [0.5, 0.6) is 0 Å². The first-order valence-electron chi connectivity index (χ1n) is 7.72. The van der Waals surface area contributed by atoms with Gasteiger partial charge in [-0.3, -0.25) is 14.3 Å². The topological polar surface area (TPSA) is 88.1 Å². The van der Waals surface area contributed by atoms with Crippen molar-refractivity contribution in [2.24, 2.45) is 7.05 Å². The van der Waals surface area contributed by atoms with Crippen LogP contribution in [0.15, 0.2) is 30.6 Å². The zero-order valence-corrected chi connectivity index (χ0v) is 14.4. The predicted octanol–water partition coefficient (Wildman–Crippen LogP) is 1.05. The van der Waals surface area contributed by atoms with E-state index in [2.05, 4.69) is 21.0 Å². The molecule has 0 saturated carbocycles. The zero-order chi connectivity index (χ0) is 17.7. The van der Waals surface area contributed by atoms with E-state index in [1.807, 2.05) is 32.0 Å². The number of aromatic nitrogens is 2. The monoisotopic (exact) mass is 329 g/mol. The molecule has 1 atom stereocenters. The van der Waals surface area contributed by atoms with Crippen LogP contribution >= 0.6 is 0 Å². The molecule has 0 saturated heterocycles. The van der Waals surface area contributed by atoms with E-state index in [4.69, 9.17) is 0 Å². The Kier molecular flexibility index (Phi) is 5.70. The van der Waals surface area contributed by atoms with Crippen LogP contribution in [0.4, 0.5) is 5.69 Å². The van der Waals surface area contributed by atoms with Crippen LogP contribution in [-0.4, -0.2) is 35.2 Å². The summed E-state index contributed by atoms with van der Waals surface area (Å²) in [4.78, 5) is 24.4. The third-order valence-electron chi connectivity index (χ3n) is 3.78. The highest BCUT2D eigenvalue weighted by molar-refractivity contribution is 5.96. The zero-order valence-electron chi connectivity index (χ0n) is 14.4. The molecule has 2 rings (SSSR count). The summed E-state index contributed by atoms with van der Waals surface area (Å²) in [5, 5.41) is 12.5. The second-order valence-corrected chi connectivity index (χ2v) is 5.70. The molecule has 1 aromatic heterocycles. The molecule has 3 N–H and O–H groups in total. The Labute approximate surface area is 141 Å². The van der Waals surface area contributed by atoms with Crippen LogP contribution in [0.3, 0.4) is 0 Å². The van der Waals surface area contributed by atoms with Crippen LogP contribution in [0.25, 0.3) is 0 Å².